The van der Waals surface area contributed by atoms with Crippen LogP contribution < -0.4 is 10.6 Å². The van der Waals surface area contributed by atoms with Gasteiger partial charge in [-0.15, -0.1) is 0 Å². The van der Waals surface area contributed by atoms with Gasteiger partial charge in [-0.3, -0.25) is 4.79 Å². The number of amides is 1. The molecule has 3 rings (SSSR count). The molecule has 1 aromatic heterocycles. The summed E-state index contributed by atoms with van der Waals surface area (Å²) in [5.74, 6) is -0.0736. The van der Waals surface area contributed by atoms with Crippen molar-refractivity contribution < 1.29 is 4.79 Å². The Labute approximate surface area is 137 Å². The SMILES string of the molecule is Cc1cccc(C)c1Nc1ccc(C(=O)NC2CCCC2)nc1. The van der Waals surface area contributed by atoms with Crippen molar-refractivity contribution in [2.75, 3.05) is 5.32 Å². The third kappa shape index (κ3) is 3.70. The Hall–Kier alpha value is -2.36. The van der Waals surface area contributed by atoms with Crippen molar-refractivity contribution in [1.29, 1.82) is 0 Å². The second kappa shape index (κ2) is 6.82. The van der Waals surface area contributed by atoms with Gasteiger partial charge in [-0.05, 0) is 49.9 Å². The number of benzene rings is 1. The maximum absolute atomic E-state index is 12.2. The first-order valence-electron chi connectivity index (χ1n) is 8.23. The van der Waals surface area contributed by atoms with E-state index in [0.717, 1.165) is 24.2 Å². The molecule has 0 unspecified atom stereocenters. The molecule has 23 heavy (non-hydrogen) atoms. The van der Waals surface area contributed by atoms with E-state index in [1.807, 2.05) is 12.1 Å². The monoisotopic (exact) mass is 309 g/mol. The van der Waals surface area contributed by atoms with E-state index >= 15 is 0 Å². The van der Waals surface area contributed by atoms with Crippen LogP contribution in [0, 0.1) is 13.8 Å². The summed E-state index contributed by atoms with van der Waals surface area (Å²) in [6, 6.07) is 10.2. The molecule has 0 saturated heterocycles. The number of nitrogens with zero attached hydrogens (tertiary/aromatic N) is 1. The van der Waals surface area contributed by atoms with Gasteiger partial charge in [-0.1, -0.05) is 31.0 Å². The van der Waals surface area contributed by atoms with Crippen molar-refractivity contribution in [2.24, 2.45) is 0 Å². The topological polar surface area (TPSA) is 54.0 Å². The zero-order valence-corrected chi connectivity index (χ0v) is 13.7. The van der Waals surface area contributed by atoms with Crippen molar-refractivity contribution >= 4 is 17.3 Å². The van der Waals surface area contributed by atoms with Crippen LogP contribution >= 0.6 is 0 Å². The van der Waals surface area contributed by atoms with E-state index < -0.39 is 0 Å². The van der Waals surface area contributed by atoms with Gasteiger partial charge < -0.3 is 10.6 Å². The Kier molecular flexibility index (Phi) is 4.60. The molecule has 2 aromatic rings. The maximum Gasteiger partial charge on any atom is 0.270 e. The van der Waals surface area contributed by atoms with Gasteiger partial charge in [0, 0.05) is 11.7 Å². The number of para-hydroxylation sites is 1. The molecule has 1 saturated carbocycles. The van der Waals surface area contributed by atoms with E-state index in [2.05, 4.69) is 41.6 Å². The Morgan fingerprint density at radius 2 is 1.78 bits per heavy atom. The van der Waals surface area contributed by atoms with Crippen molar-refractivity contribution in [1.82, 2.24) is 10.3 Å². The van der Waals surface area contributed by atoms with Gasteiger partial charge in [0.2, 0.25) is 0 Å². The van der Waals surface area contributed by atoms with Crippen LogP contribution in [0.4, 0.5) is 11.4 Å². The van der Waals surface area contributed by atoms with E-state index in [9.17, 15) is 4.79 Å². The normalized spacial score (nSPS) is 14.7. The Balaban J connectivity index is 1.68. The van der Waals surface area contributed by atoms with Gasteiger partial charge in [0.25, 0.3) is 5.91 Å². The van der Waals surface area contributed by atoms with Crippen LogP contribution in [0.1, 0.15) is 47.3 Å². The highest BCUT2D eigenvalue weighted by atomic mass is 16.1. The minimum absolute atomic E-state index is 0.0736. The number of carbonyl (C=O) groups excluding carboxylic acids is 1. The van der Waals surface area contributed by atoms with Crippen LogP contribution in [0.25, 0.3) is 0 Å². The summed E-state index contributed by atoms with van der Waals surface area (Å²) < 4.78 is 0. The molecule has 1 fully saturated rings. The fourth-order valence-corrected chi connectivity index (χ4v) is 3.09. The number of nitrogens with one attached hydrogen (secondary N) is 2. The Morgan fingerprint density at radius 3 is 2.39 bits per heavy atom. The quantitative estimate of drug-likeness (QED) is 0.893. The highest BCUT2D eigenvalue weighted by Crippen LogP contribution is 2.24. The van der Waals surface area contributed by atoms with Crippen molar-refractivity contribution in [2.45, 2.75) is 45.6 Å². The third-order valence-corrected chi connectivity index (χ3v) is 4.44. The Bertz CT molecular complexity index is 668. The molecule has 0 aliphatic heterocycles. The fourth-order valence-electron chi connectivity index (χ4n) is 3.09. The first-order chi connectivity index (χ1) is 11.1. The smallest absolute Gasteiger partial charge is 0.270 e. The van der Waals surface area contributed by atoms with Gasteiger partial charge in [-0.2, -0.15) is 0 Å². The predicted molar refractivity (Wildman–Crippen MR) is 93.2 cm³/mol. The van der Waals surface area contributed by atoms with Crippen LogP contribution in [0.15, 0.2) is 36.5 Å². The number of rotatable bonds is 4. The molecule has 4 nitrogen and oxygen atoms in total. The van der Waals surface area contributed by atoms with Crippen molar-refractivity contribution in [3.63, 3.8) is 0 Å². The van der Waals surface area contributed by atoms with Crippen LogP contribution in [-0.4, -0.2) is 16.9 Å². The number of hydrogen-bond acceptors (Lipinski definition) is 3. The molecule has 1 heterocycles. The summed E-state index contributed by atoms with van der Waals surface area (Å²) in [4.78, 5) is 16.5. The second-order valence-electron chi connectivity index (χ2n) is 6.28. The number of carbonyl (C=O) groups is 1. The Morgan fingerprint density at radius 1 is 1.09 bits per heavy atom. The van der Waals surface area contributed by atoms with Gasteiger partial charge in [0.1, 0.15) is 5.69 Å². The minimum atomic E-state index is -0.0736. The number of aromatic nitrogens is 1. The van der Waals surface area contributed by atoms with E-state index in [4.69, 9.17) is 0 Å². The molecule has 120 valence electrons. The maximum atomic E-state index is 12.2. The van der Waals surface area contributed by atoms with Gasteiger partial charge in [0.05, 0.1) is 11.9 Å². The van der Waals surface area contributed by atoms with Gasteiger partial charge >= 0.3 is 0 Å². The average molecular weight is 309 g/mol. The largest absolute Gasteiger partial charge is 0.354 e. The molecule has 0 atom stereocenters. The molecule has 4 heteroatoms. The molecule has 1 aliphatic carbocycles. The molecule has 0 spiro atoms. The second-order valence-corrected chi connectivity index (χ2v) is 6.28. The zero-order chi connectivity index (χ0) is 16.2. The minimum Gasteiger partial charge on any atom is -0.354 e. The first kappa shape index (κ1) is 15.5. The molecule has 1 aliphatic rings. The molecular weight excluding hydrogens is 286 g/mol. The first-order valence-corrected chi connectivity index (χ1v) is 8.23. The van der Waals surface area contributed by atoms with Crippen LogP contribution in [0.3, 0.4) is 0 Å². The lowest BCUT2D eigenvalue weighted by atomic mass is 10.1. The summed E-state index contributed by atoms with van der Waals surface area (Å²) in [7, 11) is 0. The van der Waals surface area contributed by atoms with Crippen LogP contribution in [0.2, 0.25) is 0 Å². The van der Waals surface area contributed by atoms with Crippen LogP contribution in [0.5, 0.6) is 0 Å². The van der Waals surface area contributed by atoms with E-state index in [0.29, 0.717) is 11.7 Å². The third-order valence-electron chi connectivity index (χ3n) is 4.44. The lowest BCUT2D eigenvalue weighted by molar-refractivity contribution is 0.0933. The summed E-state index contributed by atoms with van der Waals surface area (Å²) in [5, 5.41) is 6.45. The number of hydrogen-bond donors (Lipinski definition) is 2. The summed E-state index contributed by atoms with van der Waals surface area (Å²) in [6.07, 6.45) is 6.29. The highest BCUT2D eigenvalue weighted by molar-refractivity contribution is 5.92. The number of anilines is 2. The van der Waals surface area contributed by atoms with E-state index in [1.54, 1.807) is 12.3 Å². The standard InChI is InChI=1S/C19H23N3O/c1-13-6-5-7-14(2)18(13)21-16-10-11-17(20-12-16)19(23)22-15-8-3-4-9-15/h5-7,10-12,15,21H,3-4,8-9H2,1-2H3,(H,22,23). The summed E-state index contributed by atoms with van der Waals surface area (Å²) in [5.41, 5.74) is 4.84. The van der Waals surface area contributed by atoms with E-state index in [1.165, 1.54) is 24.0 Å². The van der Waals surface area contributed by atoms with Crippen molar-refractivity contribution in [3.05, 3.63) is 53.3 Å². The summed E-state index contributed by atoms with van der Waals surface area (Å²) >= 11 is 0. The van der Waals surface area contributed by atoms with E-state index in [-0.39, 0.29) is 5.91 Å². The number of pyridine rings is 1. The van der Waals surface area contributed by atoms with Gasteiger partial charge in [-0.25, -0.2) is 4.98 Å². The molecule has 2 N–H and O–H groups in total. The number of aryl methyl sites for hydroxylation is 2. The lowest BCUT2D eigenvalue weighted by Gasteiger charge is -2.13. The molecular formula is C19H23N3O. The fraction of sp³-hybridized carbons (Fsp3) is 0.368. The molecule has 0 radical (unpaired) electrons. The molecule has 0 bridgehead atoms. The zero-order valence-electron chi connectivity index (χ0n) is 13.7. The van der Waals surface area contributed by atoms with Crippen molar-refractivity contribution in [3.8, 4) is 0 Å². The lowest BCUT2D eigenvalue weighted by Crippen LogP contribution is -2.33. The highest BCUT2D eigenvalue weighted by Gasteiger charge is 2.18. The average Bonchev–Trinajstić information content (AvgIpc) is 3.04. The molecule has 1 aromatic carbocycles. The summed E-state index contributed by atoms with van der Waals surface area (Å²) in [6.45, 7) is 4.15. The van der Waals surface area contributed by atoms with Crippen LogP contribution in [-0.2, 0) is 0 Å². The molecule has 1 amide bonds. The van der Waals surface area contributed by atoms with Gasteiger partial charge in [0.15, 0.2) is 0 Å². The predicted octanol–water partition coefficient (Wildman–Crippen LogP) is 4.11.